The van der Waals surface area contributed by atoms with E-state index >= 15 is 0 Å². The van der Waals surface area contributed by atoms with Gasteiger partial charge in [-0.15, -0.1) is 0 Å². The normalized spacial score (nSPS) is 10.7. The average molecular weight is 388 g/mol. The maximum Gasteiger partial charge on any atom is 0.287 e. The number of nitrogens with zero attached hydrogens (tertiary/aromatic N) is 2. The van der Waals surface area contributed by atoms with Gasteiger partial charge in [-0.3, -0.25) is 14.0 Å². The van der Waals surface area contributed by atoms with Gasteiger partial charge in [0.15, 0.2) is 5.69 Å². The summed E-state index contributed by atoms with van der Waals surface area (Å²) >= 11 is 0. The number of halogens is 1. The number of anilines is 1. The second-order valence-electron chi connectivity index (χ2n) is 6.33. The molecule has 2 aromatic heterocycles. The minimum atomic E-state index is -0.506. The summed E-state index contributed by atoms with van der Waals surface area (Å²) in [5.41, 5.74) is 1.62. The Balaban J connectivity index is 1.61. The Hall–Kier alpha value is -4.00. The van der Waals surface area contributed by atoms with Crippen LogP contribution in [0.15, 0.2) is 79.0 Å². The molecule has 2 N–H and O–H groups in total. The maximum absolute atomic E-state index is 13.8. The summed E-state index contributed by atoms with van der Waals surface area (Å²) in [6.07, 6.45) is 1.65. The SMILES string of the molecule is O=C(Nc1ccccc1)c1nc(C(=O)NCc2ccccc2F)n2ccccc12. The summed E-state index contributed by atoms with van der Waals surface area (Å²) in [6.45, 7) is 0.0127. The van der Waals surface area contributed by atoms with Gasteiger partial charge in [-0.1, -0.05) is 42.5 Å². The predicted octanol–water partition coefficient (Wildman–Crippen LogP) is 3.66. The molecule has 4 aromatic rings. The summed E-state index contributed by atoms with van der Waals surface area (Å²) in [6, 6.07) is 20.4. The molecule has 2 aromatic carbocycles. The molecule has 0 aliphatic rings. The first-order valence-electron chi connectivity index (χ1n) is 8.98. The van der Waals surface area contributed by atoms with Gasteiger partial charge < -0.3 is 10.6 Å². The van der Waals surface area contributed by atoms with Gasteiger partial charge in [0.05, 0.1) is 5.52 Å². The van der Waals surface area contributed by atoms with Gasteiger partial charge in [-0.05, 0) is 30.3 Å². The number of carbonyl (C=O) groups excluding carboxylic acids is 2. The number of pyridine rings is 1. The lowest BCUT2D eigenvalue weighted by Gasteiger charge is -2.05. The van der Waals surface area contributed by atoms with Crippen molar-refractivity contribution >= 4 is 23.0 Å². The van der Waals surface area contributed by atoms with Crippen molar-refractivity contribution in [1.82, 2.24) is 14.7 Å². The fraction of sp³-hybridized carbons (Fsp3) is 0.0455. The van der Waals surface area contributed by atoms with Crippen LogP contribution in [-0.2, 0) is 6.54 Å². The molecule has 0 unspecified atom stereocenters. The van der Waals surface area contributed by atoms with Gasteiger partial charge >= 0.3 is 0 Å². The van der Waals surface area contributed by atoms with Crippen LogP contribution >= 0.6 is 0 Å². The maximum atomic E-state index is 13.8. The van der Waals surface area contributed by atoms with Gasteiger partial charge in [0.1, 0.15) is 5.82 Å². The standard InChI is InChI=1S/C22H17FN4O2/c23-17-11-5-4-8-15(17)14-24-22(29)20-26-19(18-12-6-7-13-27(18)20)21(28)25-16-9-2-1-3-10-16/h1-13H,14H2,(H,24,29)(H,25,28). The van der Waals surface area contributed by atoms with E-state index in [2.05, 4.69) is 15.6 Å². The van der Waals surface area contributed by atoms with E-state index in [-0.39, 0.29) is 18.1 Å². The number of hydrogen-bond acceptors (Lipinski definition) is 3. The highest BCUT2D eigenvalue weighted by molar-refractivity contribution is 6.08. The van der Waals surface area contributed by atoms with Gasteiger partial charge in [0.2, 0.25) is 5.82 Å². The number of hydrogen-bond donors (Lipinski definition) is 2. The zero-order valence-electron chi connectivity index (χ0n) is 15.3. The van der Waals surface area contributed by atoms with Crippen molar-refractivity contribution in [1.29, 1.82) is 0 Å². The topological polar surface area (TPSA) is 75.5 Å². The number of aromatic nitrogens is 2. The van der Waals surface area contributed by atoms with Crippen LogP contribution in [-0.4, -0.2) is 21.2 Å². The molecular weight excluding hydrogens is 371 g/mol. The summed E-state index contributed by atoms with van der Waals surface area (Å²) in [7, 11) is 0. The van der Waals surface area contributed by atoms with E-state index in [1.165, 1.54) is 10.5 Å². The Morgan fingerprint density at radius 2 is 1.62 bits per heavy atom. The van der Waals surface area contributed by atoms with Crippen LogP contribution in [0.25, 0.3) is 5.52 Å². The van der Waals surface area contributed by atoms with Crippen LogP contribution < -0.4 is 10.6 Å². The second kappa shape index (κ2) is 7.93. The third kappa shape index (κ3) is 3.84. The predicted molar refractivity (Wildman–Crippen MR) is 107 cm³/mol. The van der Waals surface area contributed by atoms with E-state index < -0.39 is 17.6 Å². The van der Waals surface area contributed by atoms with Crippen LogP contribution in [0.3, 0.4) is 0 Å². The number of amides is 2. The largest absolute Gasteiger partial charge is 0.345 e. The monoisotopic (exact) mass is 388 g/mol. The van der Waals surface area contributed by atoms with Gasteiger partial charge in [0.25, 0.3) is 11.8 Å². The molecule has 2 heterocycles. The number of fused-ring (bicyclic) bond motifs is 1. The van der Waals surface area contributed by atoms with E-state index in [1.807, 2.05) is 18.2 Å². The van der Waals surface area contributed by atoms with E-state index in [9.17, 15) is 14.0 Å². The summed E-state index contributed by atoms with van der Waals surface area (Å²) in [5.74, 6) is -1.28. The summed E-state index contributed by atoms with van der Waals surface area (Å²) in [4.78, 5) is 29.7. The van der Waals surface area contributed by atoms with Gasteiger partial charge in [-0.2, -0.15) is 0 Å². The lowest BCUT2D eigenvalue weighted by Crippen LogP contribution is -2.25. The van der Waals surface area contributed by atoms with E-state index in [4.69, 9.17) is 0 Å². The molecule has 0 saturated carbocycles. The van der Waals surface area contributed by atoms with E-state index in [0.717, 1.165) is 0 Å². The molecule has 29 heavy (non-hydrogen) atoms. The molecule has 144 valence electrons. The number of imidazole rings is 1. The Kier molecular flexibility index (Phi) is 5.03. The first kappa shape index (κ1) is 18.4. The van der Waals surface area contributed by atoms with E-state index in [0.29, 0.717) is 16.8 Å². The quantitative estimate of drug-likeness (QED) is 0.548. The first-order valence-corrected chi connectivity index (χ1v) is 8.98. The highest BCUT2D eigenvalue weighted by Crippen LogP contribution is 2.16. The fourth-order valence-electron chi connectivity index (χ4n) is 2.97. The van der Waals surface area contributed by atoms with Crippen molar-refractivity contribution in [3.63, 3.8) is 0 Å². The Morgan fingerprint density at radius 1 is 0.897 bits per heavy atom. The molecule has 0 saturated heterocycles. The Labute approximate surface area is 166 Å². The summed E-state index contributed by atoms with van der Waals surface area (Å²) < 4.78 is 15.3. The summed E-state index contributed by atoms with van der Waals surface area (Å²) in [5, 5.41) is 5.43. The van der Waals surface area contributed by atoms with E-state index in [1.54, 1.807) is 54.7 Å². The molecule has 0 bridgehead atoms. The molecule has 0 spiro atoms. The molecule has 0 fully saturated rings. The molecule has 6 nitrogen and oxygen atoms in total. The lowest BCUT2D eigenvalue weighted by atomic mass is 10.2. The van der Waals surface area contributed by atoms with Crippen molar-refractivity contribution < 1.29 is 14.0 Å². The average Bonchev–Trinajstić information content (AvgIpc) is 3.14. The van der Waals surface area contributed by atoms with Crippen molar-refractivity contribution in [2.45, 2.75) is 6.54 Å². The molecule has 0 aliphatic heterocycles. The minimum Gasteiger partial charge on any atom is -0.345 e. The number of benzene rings is 2. The van der Waals surface area contributed by atoms with Crippen LogP contribution in [0.5, 0.6) is 0 Å². The minimum absolute atomic E-state index is 0.0127. The number of carbonyl (C=O) groups is 2. The molecular formula is C22H17FN4O2. The van der Waals surface area contributed by atoms with Crippen molar-refractivity contribution in [3.8, 4) is 0 Å². The number of para-hydroxylation sites is 1. The molecule has 2 amide bonds. The molecule has 7 heteroatoms. The highest BCUT2D eigenvalue weighted by atomic mass is 19.1. The highest BCUT2D eigenvalue weighted by Gasteiger charge is 2.21. The van der Waals surface area contributed by atoms with Crippen molar-refractivity contribution in [2.24, 2.45) is 0 Å². The third-order valence-corrected chi connectivity index (χ3v) is 4.40. The van der Waals surface area contributed by atoms with Crippen LogP contribution in [0, 0.1) is 5.82 Å². The molecule has 0 atom stereocenters. The number of rotatable bonds is 5. The molecule has 0 aliphatic carbocycles. The zero-order chi connectivity index (χ0) is 20.2. The van der Waals surface area contributed by atoms with Gasteiger partial charge in [-0.25, -0.2) is 9.37 Å². The first-order chi connectivity index (χ1) is 14.1. The third-order valence-electron chi connectivity index (χ3n) is 4.40. The van der Waals surface area contributed by atoms with Crippen LogP contribution in [0.2, 0.25) is 0 Å². The molecule has 4 rings (SSSR count). The second-order valence-corrected chi connectivity index (χ2v) is 6.33. The Morgan fingerprint density at radius 3 is 2.41 bits per heavy atom. The van der Waals surface area contributed by atoms with Crippen LogP contribution in [0.4, 0.5) is 10.1 Å². The Bertz CT molecular complexity index is 1190. The van der Waals surface area contributed by atoms with Crippen LogP contribution in [0.1, 0.15) is 26.7 Å². The fourth-order valence-corrected chi connectivity index (χ4v) is 2.97. The van der Waals surface area contributed by atoms with Gasteiger partial charge in [0, 0.05) is 24.0 Å². The van der Waals surface area contributed by atoms with Crippen molar-refractivity contribution in [2.75, 3.05) is 5.32 Å². The zero-order valence-corrected chi connectivity index (χ0v) is 15.3. The lowest BCUT2D eigenvalue weighted by molar-refractivity contribution is 0.0939. The number of nitrogens with one attached hydrogen (secondary N) is 2. The smallest absolute Gasteiger partial charge is 0.287 e. The van der Waals surface area contributed by atoms with Crippen molar-refractivity contribution in [3.05, 3.63) is 102 Å². The molecule has 0 radical (unpaired) electrons.